The van der Waals surface area contributed by atoms with Crippen LogP contribution in [0.4, 0.5) is 8.78 Å². The van der Waals surface area contributed by atoms with E-state index in [1.54, 1.807) is 18.2 Å². The van der Waals surface area contributed by atoms with Crippen LogP contribution in [0.2, 0.25) is 0 Å². The predicted octanol–water partition coefficient (Wildman–Crippen LogP) is 4.08. The highest BCUT2D eigenvalue weighted by Gasteiger charge is 2.27. The summed E-state index contributed by atoms with van der Waals surface area (Å²) in [7, 11) is 0. The molecule has 6 heteroatoms. The molecule has 2 aliphatic heterocycles. The van der Waals surface area contributed by atoms with Gasteiger partial charge in [-0.15, -0.1) is 0 Å². The Morgan fingerprint density at radius 3 is 2.66 bits per heavy atom. The number of amides is 1. The third-order valence-corrected chi connectivity index (χ3v) is 6.11. The second kappa shape index (κ2) is 8.49. The van der Waals surface area contributed by atoms with E-state index in [-0.39, 0.29) is 29.4 Å². The molecule has 2 aromatic carbocycles. The zero-order valence-electron chi connectivity index (χ0n) is 16.3. The summed E-state index contributed by atoms with van der Waals surface area (Å²) in [4.78, 5) is 13.9. The van der Waals surface area contributed by atoms with Gasteiger partial charge in [-0.2, -0.15) is 0 Å². The average molecular weight is 400 g/mol. The zero-order chi connectivity index (χ0) is 20.4. The number of hydrogen-bond acceptors (Lipinski definition) is 3. The SMILES string of the molecule is O=C1NCC[C@H]1Cc1ccc(CN2CCCCC2c2ccc(O)c(F)c2)c(F)c1. The van der Waals surface area contributed by atoms with Crippen LogP contribution in [0.3, 0.4) is 0 Å². The Kier molecular flexibility index (Phi) is 5.81. The maximum atomic E-state index is 14.8. The van der Waals surface area contributed by atoms with Crippen molar-refractivity contribution in [3.63, 3.8) is 0 Å². The maximum absolute atomic E-state index is 14.8. The quantitative estimate of drug-likeness (QED) is 0.795. The van der Waals surface area contributed by atoms with E-state index >= 15 is 0 Å². The summed E-state index contributed by atoms with van der Waals surface area (Å²) in [5.74, 6) is -1.27. The molecule has 4 nitrogen and oxygen atoms in total. The molecule has 0 bridgehead atoms. The van der Waals surface area contributed by atoms with Gasteiger partial charge in [0.25, 0.3) is 0 Å². The van der Waals surface area contributed by atoms with E-state index in [4.69, 9.17) is 0 Å². The van der Waals surface area contributed by atoms with Gasteiger partial charge >= 0.3 is 0 Å². The second-order valence-corrected chi connectivity index (χ2v) is 8.10. The standard InChI is InChI=1S/C23H26F2N2O2/c24-19-12-15(11-17-8-9-26-23(17)29)4-5-18(19)14-27-10-2-1-3-21(27)16-6-7-22(28)20(25)13-16/h4-7,12-13,17,21,28H,1-3,8-11,14H2,(H,26,29)/t17-,21?/m0/s1. The molecule has 2 atom stereocenters. The molecule has 0 radical (unpaired) electrons. The summed E-state index contributed by atoms with van der Waals surface area (Å²) in [5, 5.41) is 12.3. The van der Waals surface area contributed by atoms with Gasteiger partial charge < -0.3 is 10.4 Å². The molecule has 0 aromatic heterocycles. The van der Waals surface area contributed by atoms with Crippen LogP contribution in [0, 0.1) is 17.6 Å². The van der Waals surface area contributed by atoms with Crippen LogP contribution >= 0.6 is 0 Å². The van der Waals surface area contributed by atoms with Crippen LogP contribution in [0.25, 0.3) is 0 Å². The Morgan fingerprint density at radius 2 is 1.93 bits per heavy atom. The molecule has 1 amide bonds. The molecule has 4 rings (SSSR count). The highest BCUT2D eigenvalue weighted by molar-refractivity contribution is 5.80. The second-order valence-electron chi connectivity index (χ2n) is 8.10. The summed E-state index contributed by atoms with van der Waals surface area (Å²) in [5.41, 5.74) is 2.25. The third kappa shape index (κ3) is 4.42. The molecular formula is C23H26F2N2O2. The van der Waals surface area contributed by atoms with Crippen LogP contribution in [0.5, 0.6) is 5.75 Å². The first-order valence-corrected chi connectivity index (χ1v) is 10.3. The van der Waals surface area contributed by atoms with Gasteiger partial charge in [0.05, 0.1) is 0 Å². The van der Waals surface area contributed by atoms with Crippen molar-refractivity contribution in [3.8, 4) is 5.75 Å². The van der Waals surface area contributed by atoms with Crippen LogP contribution < -0.4 is 5.32 Å². The van der Waals surface area contributed by atoms with Gasteiger partial charge in [0, 0.05) is 30.6 Å². The lowest BCUT2D eigenvalue weighted by atomic mass is 9.93. The first-order chi connectivity index (χ1) is 14.0. The van der Waals surface area contributed by atoms with E-state index in [0.29, 0.717) is 25.1 Å². The molecule has 1 unspecified atom stereocenters. The van der Waals surface area contributed by atoms with Crippen molar-refractivity contribution < 1.29 is 18.7 Å². The predicted molar refractivity (Wildman–Crippen MR) is 106 cm³/mol. The molecule has 0 aliphatic carbocycles. The normalized spacial score (nSPS) is 22.6. The Morgan fingerprint density at radius 1 is 1.07 bits per heavy atom. The third-order valence-electron chi connectivity index (χ3n) is 6.11. The molecule has 0 saturated carbocycles. The van der Waals surface area contributed by atoms with E-state index in [9.17, 15) is 18.7 Å². The molecule has 29 heavy (non-hydrogen) atoms. The van der Waals surface area contributed by atoms with E-state index in [2.05, 4.69) is 10.2 Å². The number of phenols is 1. The minimum atomic E-state index is -0.625. The lowest BCUT2D eigenvalue weighted by Gasteiger charge is -2.36. The minimum Gasteiger partial charge on any atom is -0.505 e. The van der Waals surface area contributed by atoms with Crippen LogP contribution in [0.1, 0.15) is 48.4 Å². The Bertz CT molecular complexity index is 902. The van der Waals surface area contributed by atoms with Gasteiger partial charge in [0.1, 0.15) is 5.82 Å². The van der Waals surface area contributed by atoms with Gasteiger partial charge in [-0.1, -0.05) is 24.6 Å². The number of aromatic hydroxyl groups is 1. The number of likely N-dealkylation sites (tertiary alicyclic amines) is 1. The fraction of sp³-hybridized carbons (Fsp3) is 0.435. The molecule has 2 saturated heterocycles. The van der Waals surface area contributed by atoms with Crippen molar-refractivity contribution in [3.05, 3.63) is 64.7 Å². The van der Waals surface area contributed by atoms with Crippen LogP contribution in [-0.2, 0) is 17.8 Å². The number of nitrogens with one attached hydrogen (secondary N) is 1. The summed E-state index contributed by atoms with van der Waals surface area (Å²) in [6.45, 7) is 1.96. The molecule has 2 heterocycles. The van der Waals surface area contributed by atoms with Gasteiger partial charge in [0.15, 0.2) is 11.6 Å². The number of phenolic OH excluding ortho intramolecular Hbond substituents is 1. The van der Waals surface area contributed by atoms with Crippen molar-refractivity contribution in [2.24, 2.45) is 5.92 Å². The monoisotopic (exact) mass is 400 g/mol. The molecule has 2 aromatic rings. The number of hydrogen-bond donors (Lipinski definition) is 2. The van der Waals surface area contributed by atoms with Crippen molar-refractivity contribution in [2.45, 2.75) is 44.7 Å². The van der Waals surface area contributed by atoms with Crippen LogP contribution in [0.15, 0.2) is 36.4 Å². The van der Waals surface area contributed by atoms with Gasteiger partial charge in [-0.25, -0.2) is 8.78 Å². The topological polar surface area (TPSA) is 52.6 Å². The summed E-state index contributed by atoms with van der Waals surface area (Å²) in [6, 6.07) is 9.76. The minimum absolute atomic E-state index is 0.000103. The molecule has 2 N–H and O–H groups in total. The van der Waals surface area contributed by atoms with Gasteiger partial charge in [0.2, 0.25) is 5.91 Å². The molecule has 0 spiro atoms. The number of benzene rings is 2. The number of carbonyl (C=O) groups is 1. The summed E-state index contributed by atoms with van der Waals surface area (Å²) < 4.78 is 28.6. The Hall–Kier alpha value is -2.47. The van der Waals surface area contributed by atoms with E-state index in [0.717, 1.165) is 43.4 Å². The van der Waals surface area contributed by atoms with Crippen molar-refractivity contribution in [2.75, 3.05) is 13.1 Å². The van der Waals surface area contributed by atoms with Gasteiger partial charge in [-0.05, 0) is 61.6 Å². The van der Waals surface area contributed by atoms with E-state index in [1.807, 2.05) is 6.07 Å². The average Bonchev–Trinajstić information content (AvgIpc) is 3.11. The number of rotatable bonds is 5. The van der Waals surface area contributed by atoms with Gasteiger partial charge in [-0.3, -0.25) is 9.69 Å². The first kappa shape index (κ1) is 19.8. The summed E-state index contributed by atoms with van der Waals surface area (Å²) in [6.07, 6.45) is 4.28. The Labute approximate surface area is 169 Å². The van der Waals surface area contributed by atoms with Crippen molar-refractivity contribution >= 4 is 5.91 Å². The number of halogens is 2. The number of nitrogens with zero attached hydrogens (tertiary/aromatic N) is 1. The summed E-state index contributed by atoms with van der Waals surface area (Å²) >= 11 is 0. The number of piperidine rings is 1. The van der Waals surface area contributed by atoms with Crippen molar-refractivity contribution in [1.29, 1.82) is 0 Å². The van der Waals surface area contributed by atoms with E-state index in [1.165, 1.54) is 12.1 Å². The molecule has 154 valence electrons. The lowest BCUT2D eigenvalue weighted by molar-refractivity contribution is -0.122. The molecule has 2 fully saturated rings. The largest absolute Gasteiger partial charge is 0.505 e. The highest BCUT2D eigenvalue weighted by Crippen LogP contribution is 2.34. The lowest BCUT2D eigenvalue weighted by Crippen LogP contribution is -2.33. The Balaban J connectivity index is 1.49. The maximum Gasteiger partial charge on any atom is 0.223 e. The number of carbonyl (C=O) groups excluding carboxylic acids is 1. The molecule has 2 aliphatic rings. The fourth-order valence-corrected chi connectivity index (χ4v) is 4.48. The smallest absolute Gasteiger partial charge is 0.223 e. The fourth-order valence-electron chi connectivity index (χ4n) is 4.48. The zero-order valence-corrected chi connectivity index (χ0v) is 16.3. The van der Waals surface area contributed by atoms with E-state index < -0.39 is 5.82 Å². The first-order valence-electron chi connectivity index (χ1n) is 10.3. The molecular weight excluding hydrogens is 374 g/mol. The highest BCUT2D eigenvalue weighted by atomic mass is 19.1. The van der Waals surface area contributed by atoms with Crippen molar-refractivity contribution in [1.82, 2.24) is 10.2 Å². The van der Waals surface area contributed by atoms with Crippen LogP contribution in [-0.4, -0.2) is 29.0 Å².